The first-order valence-corrected chi connectivity index (χ1v) is 8.42. The fraction of sp³-hybridized carbons (Fsp3) is 0.0435. The second-order valence-electron chi connectivity index (χ2n) is 6.10. The Hall–Kier alpha value is -3.46. The summed E-state index contributed by atoms with van der Waals surface area (Å²) >= 11 is 0. The molecule has 0 radical (unpaired) electrons. The fourth-order valence-corrected chi connectivity index (χ4v) is 3.11. The Labute approximate surface area is 151 Å². The van der Waals surface area contributed by atoms with E-state index < -0.39 is 5.97 Å². The lowest BCUT2D eigenvalue weighted by atomic mass is 9.93. The Morgan fingerprint density at radius 2 is 1.31 bits per heavy atom. The number of rotatable bonds is 4. The Morgan fingerprint density at radius 1 is 0.731 bits per heavy atom. The summed E-state index contributed by atoms with van der Waals surface area (Å²) in [6.07, 6.45) is 0.394. The minimum Gasteiger partial charge on any atom is -0.422 e. The second-order valence-corrected chi connectivity index (χ2v) is 6.10. The molecule has 1 heterocycles. The molecule has 1 aliphatic rings. The van der Waals surface area contributed by atoms with Crippen molar-refractivity contribution in [2.75, 3.05) is 0 Å². The van der Waals surface area contributed by atoms with Crippen molar-refractivity contribution in [1.29, 1.82) is 0 Å². The molecule has 26 heavy (non-hydrogen) atoms. The maximum Gasteiger partial charge on any atom is 0.344 e. The fourth-order valence-electron chi connectivity index (χ4n) is 3.11. The van der Waals surface area contributed by atoms with Crippen LogP contribution in [0.5, 0.6) is 0 Å². The van der Waals surface area contributed by atoms with Crippen LogP contribution in [0.4, 0.5) is 0 Å². The van der Waals surface area contributed by atoms with Crippen LogP contribution in [0, 0.1) is 0 Å². The van der Waals surface area contributed by atoms with Gasteiger partial charge in [-0.3, -0.25) is 4.79 Å². The van der Waals surface area contributed by atoms with E-state index in [1.165, 1.54) is 0 Å². The van der Waals surface area contributed by atoms with Crippen LogP contribution in [0.1, 0.15) is 31.8 Å². The van der Waals surface area contributed by atoms with Gasteiger partial charge in [0.1, 0.15) is 5.76 Å². The smallest absolute Gasteiger partial charge is 0.344 e. The van der Waals surface area contributed by atoms with Crippen molar-refractivity contribution in [1.82, 2.24) is 0 Å². The molecule has 0 atom stereocenters. The highest BCUT2D eigenvalue weighted by atomic mass is 16.5. The third kappa shape index (κ3) is 2.95. The van der Waals surface area contributed by atoms with Gasteiger partial charge in [0.05, 0.1) is 5.56 Å². The van der Waals surface area contributed by atoms with Gasteiger partial charge in [-0.1, -0.05) is 78.9 Å². The highest BCUT2D eigenvalue weighted by Crippen LogP contribution is 2.34. The number of esters is 1. The molecule has 0 fully saturated rings. The summed E-state index contributed by atoms with van der Waals surface area (Å²) in [5.74, 6) is -0.181. The molecule has 0 amide bonds. The van der Waals surface area contributed by atoms with Crippen LogP contribution in [0.2, 0.25) is 0 Å². The summed E-state index contributed by atoms with van der Waals surface area (Å²) < 4.78 is 5.53. The molecule has 0 bridgehead atoms. The Balaban J connectivity index is 1.86. The monoisotopic (exact) mass is 340 g/mol. The molecule has 0 unspecified atom stereocenters. The predicted octanol–water partition coefficient (Wildman–Crippen LogP) is 4.69. The van der Waals surface area contributed by atoms with E-state index in [0.717, 1.165) is 5.56 Å². The first-order chi connectivity index (χ1) is 12.7. The van der Waals surface area contributed by atoms with Crippen molar-refractivity contribution in [2.45, 2.75) is 6.42 Å². The molecule has 0 saturated heterocycles. The number of hydrogen-bond donors (Lipinski definition) is 0. The normalized spacial score (nSPS) is 14.5. The van der Waals surface area contributed by atoms with Gasteiger partial charge in [0.15, 0.2) is 5.78 Å². The average molecular weight is 340 g/mol. The molecule has 126 valence electrons. The average Bonchev–Trinajstić information content (AvgIpc) is 3.04. The molecule has 4 rings (SSSR count). The molecule has 0 saturated carbocycles. The van der Waals surface area contributed by atoms with Gasteiger partial charge in [-0.15, -0.1) is 0 Å². The zero-order chi connectivity index (χ0) is 17.9. The number of cyclic esters (lactones) is 1. The number of ketones is 1. The predicted molar refractivity (Wildman–Crippen MR) is 99.7 cm³/mol. The first-order valence-electron chi connectivity index (χ1n) is 8.42. The van der Waals surface area contributed by atoms with E-state index >= 15 is 0 Å². The molecule has 0 N–H and O–H groups in total. The van der Waals surface area contributed by atoms with Crippen LogP contribution in [0.3, 0.4) is 0 Å². The molecule has 3 heteroatoms. The van der Waals surface area contributed by atoms with Crippen molar-refractivity contribution < 1.29 is 14.3 Å². The number of benzene rings is 3. The molecular formula is C23H16O3. The van der Waals surface area contributed by atoms with Gasteiger partial charge in [-0.05, 0) is 11.6 Å². The van der Waals surface area contributed by atoms with Crippen molar-refractivity contribution in [3.05, 3.63) is 113 Å². The number of allylic oxidation sites excluding steroid dienone is 1. The summed E-state index contributed by atoms with van der Waals surface area (Å²) in [5.41, 5.74) is 3.22. The van der Waals surface area contributed by atoms with Crippen molar-refractivity contribution in [3.63, 3.8) is 0 Å². The summed E-state index contributed by atoms with van der Waals surface area (Å²) in [7, 11) is 0. The lowest BCUT2D eigenvalue weighted by molar-refractivity contribution is 0.0714. The summed E-state index contributed by atoms with van der Waals surface area (Å²) in [5, 5.41) is 0. The number of hydrogen-bond acceptors (Lipinski definition) is 3. The summed E-state index contributed by atoms with van der Waals surface area (Å²) in [4.78, 5) is 25.4. The standard InChI is InChI=1S/C23H16O3/c24-21(17-11-5-2-6-12-17)20(15-16-9-3-1-4-10-16)22-18-13-7-8-14-19(18)23(25)26-22/h1-14H,15H2/b22-20+. The topological polar surface area (TPSA) is 43.4 Å². The number of ether oxygens (including phenoxy) is 1. The number of fused-ring (bicyclic) bond motifs is 1. The molecule has 3 aromatic carbocycles. The Morgan fingerprint density at radius 3 is 2.00 bits per heavy atom. The van der Waals surface area contributed by atoms with Crippen molar-refractivity contribution >= 4 is 17.5 Å². The minimum atomic E-state index is -0.415. The van der Waals surface area contributed by atoms with E-state index in [1.807, 2.05) is 60.7 Å². The van der Waals surface area contributed by atoms with Gasteiger partial charge in [0, 0.05) is 23.1 Å². The van der Waals surface area contributed by atoms with E-state index in [9.17, 15) is 9.59 Å². The largest absolute Gasteiger partial charge is 0.422 e. The number of carbonyl (C=O) groups excluding carboxylic acids is 2. The van der Waals surface area contributed by atoms with Crippen LogP contribution < -0.4 is 0 Å². The Bertz CT molecular complexity index is 1000. The number of carbonyl (C=O) groups is 2. The van der Waals surface area contributed by atoms with Gasteiger partial charge in [-0.25, -0.2) is 4.79 Å². The molecular weight excluding hydrogens is 324 g/mol. The van der Waals surface area contributed by atoms with Crippen LogP contribution in [-0.2, 0) is 11.2 Å². The van der Waals surface area contributed by atoms with Gasteiger partial charge in [0.25, 0.3) is 0 Å². The minimum absolute atomic E-state index is 0.131. The van der Waals surface area contributed by atoms with Crippen LogP contribution in [-0.4, -0.2) is 11.8 Å². The van der Waals surface area contributed by atoms with E-state index in [4.69, 9.17) is 4.74 Å². The third-order valence-corrected chi connectivity index (χ3v) is 4.39. The summed E-state index contributed by atoms with van der Waals surface area (Å²) in [6, 6.07) is 25.9. The van der Waals surface area contributed by atoms with Crippen LogP contribution >= 0.6 is 0 Å². The van der Waals surface area contributed by atoms with E-state index in [-0.39, 0.29) is 5.78 Å². The zero-order valence-corrected chi connectivity index (χ0v) is 14.0. The van der Waals surface area contributed by atoms with Gasteiger partial charge in [0.2, 0.25) is 0 Å². The maximum absolute atomic E-state index is 13.2. The highest BCUT2D eigenvalue weighted by molar-refractivity contribution is 6.16. The molecule has 3 aromatic rings. The summed E-state index contributed by atoms with van der Waals surface area (Å²) in [6.45, 7) is 0. The van der Waals surface area contributed by atoms with Crippen molar-refractivity contribution in [2.24, 2.45) is 0 Å². The SMILES string of the molecule is O=C(/C(Cc1ccccc1)=C1/OC(=O)c2ccccc21)c1ccccc1. The third-order valence-electron chi connectivity index (χ3n) is 4.39. The van der Waals surface area contributed by atoms with Crippen molar-refractivity contribution in [3.8, 4) is 0 Å². The van der Waals surface area contributed by atoms with E-state index in [1.54, 1.807) is 24.3 Å². The Kier molecular flexibility index (Phi) is 4.20. The molecule has 1 aliphatic heterocycles. The molecule has 3 nitrogen and oxygen atoms in total. The second kappa shape index (κ2) is 6.81. The van der Waals surface area contributed by atoms with Gasteiger partial charge >= 0.3 is 5.97 Å². The van der Waals surface area contributed by atoms with E-state index in [2.05, 4.69) is 0 Å². The van der Waals surface area contributed by atoms with Crippen LogP contribution in [0.25, 0.3) is 5.76 Å². The molecule has 0 aromatic heterocycles. The maximum atomic E-state index is 13.2. The number of Topliss-reactive ketones (excluding diaryl/α,β-unsaturated/α-hetero) is 1. The molecule has 0 spiro atoms. The quantitative estimate of drug-likeness (QED) is 0.393. The first kappa shape index (κ1) is 16.0. The zero-order valence-electron chi connectivity index (χ0n) is 14.0. The van der Waals surface area contributed by atoms with Gasteiger partial charge in [-0.2, -0.15) is 0 Å². The highest BCUT2D eigenvalue weighted by Gasteiger charge is 2.31. The molecule has 0 aliphatic carbocycles. The van der Waals surface area contributed by atoms with E-state index in [0.29, 0.717) is 34.4 Å². The lowest BCUT2D eigenvalue weighted by Crippen LogP contribution is -2.09. The van der Waals surface area contributed by atoms with Crippen LogP contribution in [0.15, 0.2) is 90.5 Å². The lowest BCUT2D eigenvalue weighted by Gasteiger charge is -2.11. The van der Waals surface area contributed by atoms with Gasteiger partial charge < -0.3 is 4.74 Å².